The number of rotatable bonds is 1. The number of carbonyl (C=O) groups excluding carboxylic acids is 2. The molecule has 5 rings (SSSR count). The van der Waals surface area contributed by atoms with Crippen LogP contribution in [0.25, 0.3) is 0 Å². The monoisotopic (exact) mass is 350 g/mol. The highest BCUT2D eigenvalue weighted by Gasteiger charge is 2.59. The highest BCUT2D eigenvalue weighted by molar-refractivity contribution is 6.02. The first-order chi connectivity index (χ1) is 12.6. The zero-order chi connectivity index (χ0) is 17.9. The Hall–Kier alpha value is -3.09. The fraction of sp³-hybridized carbons (Fsp3) is 0.316. The van der Waals surface area contributed by atoms with Gasteiger partial charge >= 0.3 is 0 Å². The van der Waals surface area contributed by atoms with E-state index in [4.69, 9.17) is 0 Å². The summed E-state index contributed by atoms with van der Waals surface area (Å²) >= 11 is 0. The van der Waals surface area contributed by atoms with Crippen LogP contribution >= 0.6 is 0 Å². The Morgan fingerprint density at radius 1 is 1.08 bits per heavy atom. The van der Waals surface area contributed by atoms with Crippen molar-refractivity contribution in [2.75, 3.05) is 5.32 Å². The summed E-state index contributed by atoms with van der Waals surface area (Å²) in [6.45, 7) is 0. The van der Waals surface area contributed by atoms with Crippen LogP contribution in [-0.2, 0) is 0 Å². The number of benzene rings is 1. The first-order valence-corrected chi connectivity index (χ1v) is 8.78. The molecule has 1 aromatic heterocycles. The molecular formula is C19H18N4O3. The van der Waals surface area contributed by atoms with E-state index in [0.29, 0.717) is 17.5 Å². The number of amides is 2. The van der Waals surface area contributed by atoms with Crippen LogP contribution in [0.5, 0.6) is 0 Å². The SMILES string of the molecule is O=C1N[C@]2(C[C@@H]3CC[C@@H]2N3C(=O)c2ccc(=O)[nH]c2)Nc2ccccc21. The molecule has 2 fully saturated rings. The fourth-order valence-electron chi connectivity index (χ4n) is 4.68. The third kappa shape index (κ3) is 2.03. The van der Waals surface area contributed by atoms with Crippen molar-refractivity contribution in [3.05, 3.63) is 64.1 Å². The summed E-state index contributed by atoms with van der Waals surface area (Å²) in [5, 5.41) is 6.62. The minimum absolute atomic E-state index is 0.0671. The van der Waals surface area contributed by atoms with Crippen LogP contribution in [0.2, 0.25) is 0 Å². The Morgan fingerprint density at radius 2 is 1.92 bits per heavy atom. The third-order valence-corrected chi connectivity index (χ3v) is 5.76. The van der Waals surface area contributed by atoms with E-state index in [-0.39, 0.29) is 29.5 Å². The van der Waals surface area contributed by atoms with E-state index < -0.39 is 5.66 Å². The molecule has 0 aliphatic carbocycles. The molecule has 1 aromatic carbocycles. The topological polar surface area (TPSA) is 94.3 Å². The van der Waals surface area contributed by atoms with E-state index in [1.165, 1.54) is 12.3 Å². The summed E-state index contributed by atoms with van der Waals surface area (Å²) in [5.41, 5.74) is 1.02. The van der Waals surface area contributed by atoms with E-state index in [0.717, 1.165) is 18.5 Å². The van der Waals surface area contributed by atoms with Gasteiger partial charge in [0.25, 0.3) is 11.8 Å². The number of H-pyrrole nitrogens is 1. The predicted octanol–water partition coefficient (Wildman–Crippen LogP) is 1.30. The smallest absolute Gasteiger partial charge is 0.255 e. The number of anilines is 1. The molecule has 2 aromatic rings. The second-order valence-corrected chi connectivity index (χ2v) is 7.20. The average molecular weight is 350 g/mol. The van der Waals surface area contributed by atoms with Gasteiger partial charge in [0.05, 0.1) is 17.2 Å². The molecule has 2 amide bonds. The lowest BCUT2D eigenvalue weighted by Crippen LogP contribution is -2.64. The van der Waals surface area contributed by atoms with Gasteiger partial charge in [-0.3, -0.25) is 14.4 Å². The molecular weight excluding hydrogens is 332 g/mol. The molecule has 4 heterocycles. The Balaban J connectivity index is 1.50. The Labute approximate surface area is 149 Å². The minimum Gasteiger partial charge on any atom is -0.360 e. The maximum absolute atomic E-state index is 13.0. The van der Waals surface area contributed by atoms with Crippen LogP contribution in [0.4, 0.5) is 5.69 Å². The number of nitrogens with zero attached hydrogens (tertiary/aromatic N) is 1. The lowest BCUT2D eigenvalue weighted by molar-refractivity contribution is 0.0691. The molecule has 3 aliphatic heterocycles. The molecule has 26 heavy (non-hydrogen) atoms. The van der Waals surface area contributed by atoms with Crippen molar-refractivity contribution in [1.82, 2.24) is 15.2 Å². The van der Waals surface area contributed by atoms with E-state index in [2.05, 4.69) is 15.6 Å². The van der Waals surface area contributed by atoms with Crippen molar-refractivity contribution < 1.29 is 9.59 Å². The molecule has 1 spiro atoms. The number of fused-ring (bicyclic) bond motifs is 4. The summed E-state index contributed by atoms with van der Waals surface area (Å²) in [5.74, 6) is -0.219. The highest BCUT2D eigenvalue weighted by Crippen LogP contribution is 2.46. The van der Waals surface area contributed by atoms with Crippen LogP contribution in [0.1, 0.15) is 40.0 Å². The molecule has 3 atom stereocenters. The summed E-state index contributed by atoms with van der Waals surface area (Å²) in [7, 11) is 0. The summed E-state index contributed by atoms with van der Waals surface area (Å²) < 4.78 is 0. The lowest BCUT2D eigenvalue weighted by atomic mass is 9.86. The van der Waals surface area contributed by atoms with Crippen LogP contribution in [-0.4, -0.2) is 39.4 Å². The number of hydrogen-bond donors (Lipinski definition) is 3. The van der Waals surface area contributed by atoms with Gasteiger partial charge in [0.1, 0.15) is 5.66 Å². The first-order valence-electron chi connectivity index (χ1n) is 8.78. The van der Waals surface area contributed by atoms with Crippen LogP contribution < -0.4 is 16.2 Å². The van der Waals surface area contributed by atoms with E-state index >= 15 is 0 Å². The zero-order valence-electron chi connectivity index (χ0n) is 14.0. The molecule has 132 valence electrons. The quantitative estimate of drug-likeness (QED) is 0.723. The van der Waals surface area contributed by atoms with Crippen LogP contribution in [0.3, 0.4) is 0 Å². The normalized spacial score (nSPS) is 28.6. The lowest BCUT2D eigenvalue weighted by Gasteiger charge is -2.43. The second kappa shape index (κ2) is 5.20. The summed E-state index contributed by atoms with van der Waals surface area (Å²) in [4.78, 5) is 41.3. The predicted molar refractivity (Wildman–Crippen MR) is 94.9 cm³/mol. The fourth-order valence-corrected chi connectivity index (χ4v) is 4.68. The Bertz CT molecular complexity index is 964. The minimum atomic E-state index is -0.633. The largest absolute Gasteiger partial charge is 0.360 e. The maximum Gasteiger partial charge on any atom is 0.255 e. The number of aromatic nitrogens is 1. The maximum atomic E-state index is 13.0. The summed E-state index contributed by atoms with van der Waals surface area (Å²) in [6, 6.07) is 10.3. The number of nitrogens with one attached hydrogen (secondary N) is 3. The third-order valence-electron chi connectivity index (χ3n) is 5.76. The van der Waals surface area contributed by atoms with Crippen molar-refractivity contribution in [2.24, 2.45) is 0 Å². The number of carbonyl (C=O) groups is 2. The zero-order valence-corrected chi connectivity index (χ0v) is 14.0. The van der Waals surface area contributed by atoms with Crippen molar-refractivity contribution in [1.29, 1.82) is 0 Å². The summed E-state index contributed by atoms with van der Waals surface area (Å²) in [6.07, 6.45) is 3.88. The number of hydrogen-bond acceptors (Lipinski definition) is 4. The number of aromatic amines is 1. The molecule has 0 radical (unpaired) electrons. The van der Waals surface area contributed by atoms with Gasteiger partial charge in [-0.1, -0.05) is 12.1 Å². The average Bonchev–Trinajstić information content (AvgIpc) is 3.17. The highest BCUT2D eigenvalue weighted by atomic mass is 16.2. The van der Waals surface area contributed by atoms with Crippen molar-refractivity contribution in [2.45, 2.75) is 37.0 Å². The van der Waals surface area contributed by atoms with Gasteiger partial charge in [-0.05, 0) is 31.0 Å². The van der Waals surface area contributed by atoms with Crippen molar-refractivity contribution in [3.8, 4) is 0 Å². The Morgan fingerprint density at radius 3 is 2.73 bits per heavy atom. The van der Waals surface area contributed by atoms with Gasteiger partial charge in [-0.15, -0.1) is 0 Å². The molecule has 2 saturated heterocycles. The molecule has 3 aliphatic rings. The van der Waals surface area contributed by atoms with Gasteiger partial charge in [0, 0.05) is 30.4 Å². The van der Waals surface area contributed by atoms with Gasteiger partial charge in [-0.2, -0.15) is 0 Å². The van der Waals surface area contributed by atoms with E-state index in [9.17, 15) is 14.4 Å². The number of pyridine rings is 1. The standard InChI is InChI=1S/C19H18N4O3/c24-16-8-5-11(10-20-16)18(26)23-12-6-7-15(23)19(9-12)21-14-4-2-1-3-13(14)17(25)22-19/h1-5,8,10,12,15,21H,6-7,9H2,(H,20,24)(H,22,25)/t12-,15-,19-/m0/s1. The molecule has 0 unspecified atom stereocenters. The molecule has 7 nitrogen and oxygen atoms in total. The Kier molecular flexibility index (Phi) is 3.04. The van der Waals surface area contributed by atoms with Crippen LogP contribution in [0.15, 0.2) is 47.4 Å². The van der Waals surface area contributed by atoms with Gasteiger partial charge in [0.15, 0.2) is 0 Å². The first kappa shape index (κ1) is 15.2. The van der Waals surface area contributed by atoms with E-state index in [1.807, 2.05) is 23.1 Å². The molecule has 2 bridgehead atoms. The molecule has 7 heteroatoms. The van der Waals surface area contributed by atoms with Gasteiger partial charge in [-0.25, -0.2) is 0 Å². The van der Waals surface area contributed by atoms with Gasteiger partial charge in [0.2, 0.25) is 5.56 Å². The van der Waals surface area contributed by atoms with E-state index in [1.54, 1.807) is 12.1 Å². The van der Waals surface area contributed by atoms with Crippen molar-refractivity contribution >= 4 is 17.5 Å². The molecule has 0 saturated carbocycles. The van der Waals surface area contributed by atoms with Gasteiger partial charge < -0.3 is 20.5 Å². The van der Waals surface area contributed by atoms with Crippen LogP contribution in [0, 0.1) is 0 Å². The number of para-hydroxylation sites is 1. The second-order valence-electron chi connectivity index (χ2n) is 7.20. The molecule has 3 N–H and O–H groups in total. The van der Waals surface area contributed by atoms with Crippen molar-refractivity contribution in [3.63, 3.8) is 0 Å².